The van der Waals surface area contributed by atoms with E-state index in [1.165, 1.54) is 13.3 Å². The number of nitrogens with one attached hydrogen (secondary N) is 3. The average molecular weight is 575 g/mol. The lowest BCUT2D eigenvalue weighted by Gasteiger charge is -2.22. The first-order valence-electron chi connectivity index (χ1n) is 12.7. The number of hydrazine groups is 2. The molecule has 41 heavy (non-hydrogen) atoms. The molecule has 14 heteroatoms. The van der Waals surface area contributed by atoms with Crippen molar-refractivity contribution in [2.75, 3.05) is 44.7 Å². The lowest BCUT2D eigenvalue weighted by Crippen LogP contribution is -2.36. The SMILES string of the molecule is COCCN(C)Cc1cc(C(F)(F)F)cc(NC(=O)c2cnc(C)c(N3C=C(c4cnn(C)c4C)NN3)c2)c1OC. The number of carbonyl (C=O) groups is 1. The summed E-state index contributed by atoms with van der Waals surface area (Å²) in [4.78, 5) is 19.5. The molecule has 1 amide bonds. The predicted octanol–water partition coefficient (Wildman–Crippen LogP) is 3.62. The Morgan fingerprint density at radius 2 is 1.93 bits per heavy atom. The maximum Gasteiger partial charge on any atom is 0.416 e. The van der Waals surface area contributed by atoms with Crippen LogP contribution >= 0.6 is 0 Å². The van der Waals surface area contributed by atoms with Crippen LogP contribution in [0.2, 0.25) is 0 Å². The van der Waals surface area contributed by atoms with Crippen LogP contribution < -0.4 is 26.0 Å². The number of likely N-dealkylation sites (N-methyl/N-ethyl adjacent to an activating group) is 1. The first kappa shape index (κ1) is 29.8. The number of nitrogens with zero attached hydrogens (tertiary/aromatic N) is 5. The van der Waals surface area contributed by atoms with E-state index >= 15 is 0 Å². The molecule has 0 unspecified atom stereocenters. The minimum Gasteiger partial charge on any atom is -0.494 e. The van der Waals surface area contributed by atoms with E-state index in [9.17, 15) is 18.0 Å². The third kappa shape index (κ3) is 6.61. The van der Waals surface area contributed by atoms with Crippen molar-refractivity contribution in [1.82, 2.24) is 30.6 Å². The van der Waals surface area contributed by atoms with Crippen molar-refractivity contribution in [2.45, 2.75) is 26.6 Å². The van der Waals surface area contributed by atoms with Gasteiger partial charge >= 0.3 is 6.18 Å². The Balaban J connectivity index is 1.63. The Morgan fingerprint density at radius 3 is 2.56 bits per heavy atom. The second kappa shape index (κ2) is 12.2. The fraction of sp³-hybridized carbons (Fsp3) is 0.370. The maximum atomic E-state index is 13.8. The van der Waals surface area contributed by atoms with Gasteiger partial charge in [0.1, 0.15) is 5.75 Å². The highest BCUT2D eigenvalue weighted by Crippen LogP contribution is 2.38. The van der Waals surface area contributed by atoms with Gasteiger partial charge in [-0.3, -0.25) is 24.4 Å². The summed E-state index contributed by atoms with van der Waals surface area (Å²) in [6.45, 7) is 4.77. The van der Waals surface area contributed by atoms with Crippen molar-refractivity contribution in [1.29, 1.82) is 0 Å². The van der Waals surface area contributed by atoms with Crippen molar-refractivity contribution in [3.63, 3.8) is 0 Å². The number of ether oxygens (including phenoxy) is 2. The van der Waals surface area contributed by atoms with Gasteiger partial charge in [0.25, 0.3) is 5.91 Å². The van der Waals surface area contributed by atoms with Crippen molar-refractivity contribution in [3.8, 4) is 5.75 Å². The lowest BCUT2D eigenvalue weighted by atomic mass is 10.1. The van der Waals surface area contributed by atoms with Gasteiger partial charge in [-0.25, -0.2) is 0 Å². The minimum absolute atomic E-state index is 0.0974. The molecule has 3 N–H and O–H groups in total. The number of methoxy groups -OCH3 is 2. The van der Waals surface area contributed by atoms with Crippen LogP contribution in [-0.4, -0.2) is 60.0 Å². The molecule has 0 fully saturated rings. The zero-order chi connectivity index (χ0) is 29.9. The first-order valence-corrected chi connectivity index (χ1v) is 12.7. The molecule has 0 saturated carbocycles. The van der Waals surface area contributed by atoms with E-state index in [4.69, 9.17) is 9.47 Å². The molecule has 1 aliphatic rings. The van der Waals surface area contributed by atoms with Gasteiger partial charge in [0, 0.05) is 56.5 Å². The molecule has 0 atom stereocenters. The van der Waals surface area contributed by atoms with Gasteiger partial charge in [-0.15, -0.1) is 5.53 Å². The van der Waals surface area contributed by atoms with Gasteiger partial charge in [-0.1, -0.05) is 0 Å². The number of anilines is 2. The zero-order valence-electron chi connectivity index (χ0n) is 23.7. The third-order valence-corrected chi connectivity index (χ3v) is 6.74. The van der Waals surface area contributed by atoms with E-state index in [1.54, 1.807) is 54.1 Å². The fourth-order valence-corrected chi connectivity index (χ4v) is 4.35. The average Bonchev–Trinajstić information content (AvgIpc) is 3.53. The number of hydrogen-bond acceptors (Lipinski definition) is 9. The van der Waals surface area contributed by atoms with Gasteiger partial charge in [0.15, 0.2) is 0 Å². The Kier molecular flexibility index (Phi) is 8.85. The number of aryl methyl sites for hydroxylation is 2. The molecule has 2 aromatic heterocycles. The highest BCUT2D eigenvalue weighted by atomic mass is 19.4. The molecule has 3 heterocycles. The monoisotopic (exact) mass is 574 g/mol. The Bertz CT molecular complexity index is 1450. The summed E-state index contributed by atoms with van der Waals surface area (Å²) in [6, 6.07) is 3.50. The van der Waals surface area contributed by atoms with Crippen molar-refractivity contribution < 1.29 is 27.4 Å². The number of carbonyl (C=O) groups excluding carboxylic acids is 1. The van der Waals surface area contributed by atoms with Gasteiger partial charge in [0.05, 0.1) is 53.8 Å². The summed E-state index contributed by atoms with van der Waals surface area (Å²) >= 11 is 0. The van der Waals surface area contributed by atoms with E-state index in [0.717, 1.165) is 29.1 Å². The number of rotatable bonds is 10. The largest absolute Gasteiger partial charge is 0.494 e. The Morgan fingerprint density at radius 1 is 1.17 bits per heavy atom. The van der Waals surface area contributed by atoms with Crippen LogP contribution in [0.4, 0.5) is 24.5 Å². The number of aromatic nitrogens is 3. The molecule has 0 bridgehead atoms. The summed E-state index contributed by atoms with van der Waals surface area (Å²) in [5, 5.41) is 8.53. The molecule has 0 radical (unpaired) electrons. The van der Waals surface area contributed by atoms with Crippen LogP contribution in [0, 0.1) is 13.8 Å². The zero-order valence-corrected chi connectivity index (χ0v) is 23.7. The normalized spacial score (nSPS) is 13.4. The molecule has 1 aromatic carbocycles. The smallest absolute Gasteiger partial charge is 0.416 e. The number of hydrogen-bond donors (Lipinski definition) is 3. The van der Waals surface area contributed by atoms with Crippen molar-refractivity contribution in [3.05, 3.63) is 70.4 Å². The van der Waals surface area contributed by atoms with Crippen molar-refractivity contribution in [2.24, 2.45) is 7.05 Å². The summed E-state index contributed by atoms with van der Waals surface area (Å²) in [7, 11) is 6.50. The van der Waals surface area contributed by atoms with E-state index in [-0.39, 0.29) is 29.1 Å². The standard InChI is InChI=1S/C27H33F3N8O3/c1-16-24(38-15-23(34-35-38)21-13-32-37(4)17(21)2)10-18(12-31-16)26(39)33-22-11-20(27(28,29)30)9-19(25(22)41-6)14-36(3)7-8-40-5/h9-13,15,34-35H,7-8,14H2,1-6H3,(H,33,39). The molecule has 3 aromatic rings. The maximum absolute atomic E-state index is 13.8. The lowest BCUT2D eigenvalue weighted by molar-refractivity contribution is -0.137. The summed E-state index contributed by atoms with van der Waals surface area (Å²) in [5.41, 5.74) is 9.32. The molecule has 4 rings (SSSR count). The van der Waals surface area contributed by atoms with Gasteiger partial charge in [0.2, 0.25) is 0 Å². The molecule has 220 valence electrons. The van der Waals surface area contributed by atoms with Gasteiger partial charge in [-0.2, -0.15) is 18.3 Å². The molecule has 0 saturated heterocycles. The van der Waals surface area contributed by atoms with Gasteiger partial charge in [-0.05, 0) is 39.1 Å². The van der Waals surface area contributed by atoms with Crippen LogP contribution in [0.3, 0.4) is 0 Å². The fourth-order valence-electron chi connectivity index (χ4n) is 4.35. The summed E-state index contributed by atoms with van der Waals surface area (Å²) < 4.78 is 53.7. The number of pyridine rings is 1. The topological polar surface area (TPSA) is 109 Å². The molecular weight excluding hydrogens is 541 g/mol. The molecule has 0 aliphatic carbocycles. The second-order valence-electron chi connectivity index (χ2n) is 9.64. The molecular formula is C27H33F3N8O3. The Labute approximate surface area is 235 Å². The van der Waals surface area contributed by atoms with E-state index in [0.29, 0.717) is 24.5 Å². The van der Waals surface area contributed by atoms with Crippen LogP contribution in [0.1, 0.15) is 38.4 Å². The highest BCUT2D eigenvalue weighted by Gasteiger charge is 2.33. The van der Waals surface area contributed by atoms with E-state index < -0.39 is 17.6 Å². The third-order valence-electron chi connectivity index (χ3n) is 6.74. The number of alkyl halides is 3. The predicted molar refractivity (Wildman–Crippen MR) is 148 cm³/mol. The number of benzene rings is 1. The van der Waals surface area contributed by atoms with Crippen LogP contribution in [0.15, 0.2) is 36.8 Å². The van der Waals surface area contributed by atoms with Gasteiger partial charge < -0.3 is 20.2 Å². The van der Waals surface area contributed by atoms with Crippen LogP contribution in [0.25, 0.3) is 5.70 Å². The van der Waals surface area contributed by atoms with E-state index in [2.05, 4.69) is 26.4 Å². The molecule has 11 nitrogen and oxygen atoms in total. The van der Waals surface area contributed by atoms with Crippen LogP contribution in [-0.2, 0) is 24.5 Å². The quantitative estimate of drug-likeness (QED) is 0.335. The summed E-state index contributed by atoms with van der Waals surface area (Å²) in [5.74, 6) is -0.504. The summed E-state index contributed by atoms with van der Waals surface area (Å²) in [6.07, 6.45) is 0.278. The number of amides is 1. The molecule has 1 aliphatic heterocycles. The highest BCUT2D eigenvalue weighted by molar-refractivity contribution is 6.05. The first-order chi connectivity index (χ1) is 19.4. The molecule has 0 spiro atoms. The number of halogens is 3. The van der Waals surface area contributed by atoms with Crippen molar-refractivity contribution >= 4 is 23.0 Å². The Hall–Kier alpha value is -4.14. The van der Waals surface area contributed by atoms with E-state index in [1.807, 2.05) is 14.0 Å². The van der Waals surface area contributed by atoms with Crippen LogP contribution in [0.5, 0.6) is 5.75 Å². The minimum atomic E-state index is -4.63. The second-order valence-corrected chi connectivity index (χ2v) is 9.64.